The zero-order chi connectivity index (χ0) is 0. The number of rotatable bonds is 0. The summed E-state index contributed by atoms with van der Waals surface area (Å²) in [5.74, 6) is 0. The molecule has 2 radical (unpaired) electrons. The minimum atomic E-state index is 0. The van der Waals surface area contributed by atoms with Crippen LogP contribution in [0.5, 0.6) is 0 Å². The van der Waals surface area contributed by atoms with Crippen molar-refractivity contribution in [3.63, 3.8) is 0 Å². The normalized spacial score (nSPS) is 0. The zero-order valence-electron chi connectivity index (χ0n) is 3.61. The van der Waals surface area contributed by atoms with Crippen LogP contribution in [0.4, 0.5) is 0 Å². The third kappa shape index (κ3) is 79.4. The standard InChI is InChI=1S/2Ag.2Al.3O.2Pd/q;;2*+3;3*-2;;. The van der Waals surface area contributed by atoms with Crippen LogP contribution in [-0.4, -0.2) is 34.7 Å². The van der Waals surface area contributed by atoms with Crippen molar-refractivity contribution in [1.29, 1.82) is 0 Å². The third-order valence-corrected chi connectivity index (χ3v) is 0. The molecule has 0 aromatic carbocycles. The van der Waals surface area contributed by atoms with E-state index in [9.17, 15) is 0 Å². The van der Waals surface area contributed by atoms with Crippen molar-refractivity contribution in [2.75, 3.05) is 0 Å². The fourth-order valence-electron chi connectivity index (χ4n) is 0. The topological polar surface area (TPSA) is 85.5 Å². The van der Waals surface area contributed by atoms with Crippen molar-refractivity contribution in [1.82, 2.24) is 0 Å². The summed E-state index contributed by atoms with van der Waals surface area (Å²) >= 11 is 0. The van der Waals surface area contributed by atoms with Gasteiger partial charge in [0.05, 0.1) is 0 Å². The van der Waals surface area contributed by atoms with Crippen molar-refractivity contribution in [2.24, 2.45) is 0 Å². The number of hydrogen-bond acceptors (Lipinski definition) is 0. The molecule has 9 heteroatoms. The second-order valence-electron chi connectivity index (χ2n) is 0. The monoisotopic (exact) mass is 528 g/mol. The van der Waals surface area contributed by atoms with Gasteiger partial charge in [0.25, 0.3) is 0 Å². The summed E-state index contributed by atoms with van der Waals surface area (Å²) in [6, 6.07) is 0. The van der Waals surface area contributed by atoms with Gasteiger partial charge in [-0.25, -0.2) is 0 Å². The molecule has 0 aliphatic heterocycles. The van der Waals surface area contributed by atoms with E-state index in [1.807, 2.05) is 0 Å². The van der Waals surface area contributed by atoms with E-state index in [0.717, 1.165) is 0 Å². The molecule has 66 valence electrons. The first kappa shape index (κ1) is 125. The molecule has 0 N–H and O–H groups in total. The Morgan fingerprint density at radius 2 is 0.444 bits per heavy atom. The summed E-state index contributed by atoms with van der Waals surface area (Å²) in [5.41, 5.74) is 0. The molecule has 0 bridgehead atoms. The van der Waals surface area contributed by atoms with E-state index in [1.54, 1.807) is 0 Å². The molecule has 0 aliphatic carbocycles. The molecule has 0 unspecified atom stereocenters. The average molecular weight is 531 g/mol. The summed E-state index contributed by atoms with van der Waals surface area (Å²) in [6.07, 6.45) is 0. The van der Waals surface area contributed by atoms with E-state index in [1.165, 1.54) is 0 Å². The number of hydrogen-bond donors (Lipinski definition) is 0. The summed E-state index contributed by atoms with van der Waals surface area (Å²) in [4.78, 5) is 0. The third-order valence-electron chi connectivity index (χ3n) is 0. The van der Waals surface area contributed by atoms with Gasteiger partial charge in [-0.3, -0.25) is 0 Å². The first-order valence-electron chi connectivity index (χ1n) is 0. The maximum Gasteiger partial charge on any atom is 3.00 e. The first-order chi connectivity index (χ1) is 0. The van der Waals surface area contributed by atoms with Crippen molar-refractivity contribution in [3.8, 4) is 0 Å². The Balaban J connectivity index is 0. The summed E-state index contributed by atoms with van der Waals surface area (Å²) in [7, 11) is 0. The van der Waals surface area contributed by atoms with Crippen molar-refractivity contribution < 1.29 is 102 Å². The second kappa shape index (κ2) is 96.6. The Hall–Kier alpha value is 3.75. The molecule has 0 aromatic rings. The molecular formula is Ag2Al2O3Pd2. The predicted octanol–water partition coefficient (Wildman–Crippen LogP) is -1.13. The minimum Gasteiger partial charge on any atom is -2.00 e. The molecule has 0 saturated heterocycles. The van der Waals surface area contributed by atoms with Crippen LogP contribution in [0.15, 0.2) is 0 Å². The summed E-state index contributed by atoms with van der Waals surface area (Å²) < 4.78 is 0. The zero-order valence-corrected chi connectivity index (χ0v) is 12.0. The summed E-state index contributed by atoms with van der Waals surface area (Å²) in [5, 5.41) is 0. The molecule has 0 atom stereocenters. The van der Waals surface area contributed by atoms with Gasteiger partial charge in [-0.15, -0.1) is 0 Å². The van der Waals surface area contributed by atoms with Crippen molar-refractivity contribution in [3.05, 3.63) is 0 Å². The molecule has 0 rings (SSSR count). The van der Waals surface area contributed by atoms with Gasteiger partial charge < -0.3 is 16.4 Å². The Kier molecular flexibility index (Phi) is 1340. The SMILES string of the molecule is [Ag].[Ag].[Al+3].[Al+3].[O-2].[O-2].[O-2].[Pd].[Pd]. The van der Waals surface area contributed by atoms with Crippen LogP contribution >= 0.6 is 0 Å². The molecule has 0 fully saturated rings. The van der Waals surface area contributed by atoms with Crippen LogP contribution in [-0.2, 0) is 102 Å². The Morgan fingerprint density at radius 1 is 0.444 bits per heavy atom. The van der Waals surface area contributed by atoms with Gasteiger partial charge in [-0.2, -0.15) is 0 Å². The maximum atomic E-state index is 0. The van der Waals surface area contributed by atoms with E-state index in [2.05, 4.69) is 0 Å². The molecule has 0 aromatic heterocycles. The minimum absolute atomic E-state index is 0. The predicted molar refractivity (Wildman–Crippen MR) is 13.6 cm³/mol. The molecule has 9 heavy (non-hydrogen) atoms. The van der Waals surface area contributed by atoms with E-state index in [4.69, 9.17) is 0 Å². The first-order valence-corrected chi connectivity index (χ1v) is 0. The fourth-order valence-corrected chi connectivity index (χ4v) is 0. The van der Waals surface area contributed by atoms with Crippen molar-refractivity contribution >= 4 is 34.7 Å². The fraction of sp³-hybridized carbons (Fsp3) is 0. The van der Waals surface area contributed by atoms with Gasteiger partial charge in [-0.05, 0) is 0 Å². The second-order valence-corrected chi connectivity index (χ2v) is 0. The summed E-state index contributed by atoms with van der Waals surface area (Å²) in [6.45, 7) is 0. The molecule has 3 nitrogen and oxygen atoms in total. The van der Waals surface area contributed by atoms with Gasteiger partial charge in [0.15, 0.2) is 0 Å². The van der Waals surface area contributed by atoms with Gasteiger partial charge in [-0.1, -0.05) is 0 Å². The Morgan fingerprint density at radius 3 is 0.444 bits per heavy atom. The molecule has 0 aliphatic rings. The molecular weight excluding hydrogens is 531 g/mol. The molecule has 0 amide bonds. The van der Waals surface area contributed by atoms with E-state index < -0.39 is 0 Å². The molecule has 0 heterocycles. The largest absolute Gasteiger partial charge is 3.00 e. The van der Waals surface area contributed by atoms with Gasteiger partial charge >= 0.3 is 34.7 Å². The van der Waals surface area contributed by atoms with E-state index in [-0.39, 0.29) is 137 Å². The van der Waals surface area contributed by atoms with E-state index >= 15 is 0 Å². The Labute approximate surface area is 134 Å². The van der Waals surface area contributed by atoms with Crippen LogP contribution in [0.2, 0.25) is 0 Å². The van der Waals surface area contributed by atoms with Crippen molar-refractivity contribution in [2.45, 2.75) is 0 Å². The van der Waals surface area contributed by atoms with Gasteiger partial charge in [0, 0.05) is 85.6 Å². The van der Waals surface area contributed by atoms with Crippen LogP contribution in [0.25, 0.3) is 0 Å². The van der Waals surface area contributed by atoms with Crippen LogP contribution < -0.4 is 0 Å². The quantitative estimate of drug-likeness (QED) is 0.356. The van der Waals surface area contributed by atoms with Crippen LogP contribution in [0.3, 0.4) is 0 Å². The van der Waals surface area contributed by atoms with Crippen LogP contribution in [0.1, 0.15) is 0 Å². The van der Waals surface area contributed by atoms with E-state index in [0.29, 0.717) is 0 Å². The molecule has 0 spiro atoms. The Bertz CT molecular complexity index is 17.8. The maximum absolute atomic E-state index is 0. The van der Waals surface area contributed by atoms with Crippen LogP contribution in [0, 0.1) is 0 Å². The smallest absolute Gasteiger partial charge is 2.00 e. The van der Waals surface area contributed by atoms with Gasteiger partial charge in [0.2, 0.25) is 0 Å². The molecule has 0 saturated carbocycles. The van der Waals surface area contributed by atoms with Gasteiger partial charge in [0.1, 0.15) is 0 Å². The average Bonchev–Trinajstić information content (AvgIpc) is 0.